The maximum absolute atomic E-state index is 13.4. The smallest absolute Gasteiger partial charge is 0.264 e. The highest BCUT2D eigenvalue weighted by atomic mass is 35.5. The standard InChI is InChI=1S/C24H24Cl2N2O3S/c1-3-23(18-9-7-17(2)8-10-18)27-24(29)16-28(21-6-4-5-20(26)15-21)32(30,31)22-13-11-19(25)12-14-22/h4-15,23H,3,16H2,1-2H3,(H,27,29)/t23-/m1/s1. The number of hydrogen-bond acceptors (Lipinski definition) is 3. The van der Waals surface area contributed by atoms with Crippen molar-refractivity contribution in [1.29, 1.82) is 0 Å². The minimum absolute atomic E-state index is 0.0280. The molecule has 0 saturated heterocycles. The first-order valence-electron chi connectivity index (χ1n) is 10.1. The zero-order valence-corrected chi connectivity index (χ0v) is 20.1. The van der Waals surface area contributed by atoms with E-state index in [0.29, 0.717) is 22.2 Å². The molecule has 0 saturated carbocycles. The second kappa shape index (κ2) is 10.4. The van der Waals surface area contributed by atoms with E-state index in [1.54, 1.807) is 18.2 Å². The summed E-state index contributed by atoms with van der Waals surface area (Å²) in [5.74, 6) is -0.421. The Morgan fingerprint density at radius 3 is 2.22 bits per heavy atom. The highest BCUT2D eigenvalue weighted by Gasteiger charge is 2.28. The number of halogens is 2. The van der Waals surface area contributed by atoms with Crippen molar-refractivity contribution in [3.63, 3.8) is 0 Å². The van der Waals surface area contributed by atoms with Crippen molar-refractivity contribution in [3.05, 3.63) is 94.0 Å². The molecule has 5 nitrogen and oxygen atoms in total. The highest BCUT2D eigenvalue weighted by Crippen LogP contribution is 2.27. The minimum atomic E-state index is -4.04. The van der Waals surface area contributed by atoms with E-state index in [0.717, 1.165) is 15.4 Å². The molecule has 0 unspecified atom stereocenters. The average Bonchev–Trinajstić information content (AvgIpc) is 2.76. The molecule has 0 aliphatic heterocycles. The quantitative estimate of drug-likeness (QED) is 0.436. The summed E-state index contributed by atoms with van der Waals surface area (Å²) in [6.07, 6.45) is 0.663. The topological polar surface area (TPSA) is 66.5 Å². The van der Waals surface area contributed by atoms with Gasteiger partial charge in [-0.15, -0.1) is 0 Å². The number of carbonyl (C=O) groups is 1. The summed E-state index contributed by atoms with van der Waals surface area (Å²) in [5, 5.41) is 3.73. The van der Waals surface area contributed by atoms with Crippen molar-refractivity contribution >= 4 is 44.8 Å². The lowest BCUT2D eigenvalue weighted by molar-refractivity contribution is -0.120. The van der Waals surface area contributed by atoms with Crippen molar-refractivity contribution in [2.75, 3.05) is 10.8 Å². The molecule has 3 aromatic rings. The largest absolute Gasteiger partial charge is 0.348 e. The van der Waals surface area contributed by atoms with E-state index >= 15 is 0 Å². The molecule has 0 heterocycles. The minimum Gasteiger partial charge on any atom is -0.348 e. The average molecular weight is 491 g/mol. The molecule has 0 bridgehead atoms. The van der Waals surface area contributed by atoms with E-state index in [9.17, 15) is 13.2 Å². The van der Waals surface area contributed by atoms with E-state index in [2.05, 4.69) is 5.32 Å². The van der Waals surface area contributed by atoms with Crippen LogP contribution < -0.4 is 9.62 Å². The number of carbonyl (C=O) groups excluding carboxylic acids is 1. The van der Waals surface area contributed by atoms with Gasteiger partial charge in [0, 0.05) is 10.0 Å². The van der Waals surface area contributed by atoms with E-state index in [-0.39, 0.29) is 10.9 Å². The normalized spacial score (nSPS) is 12.2. The molecule has 1 N–H and O–H groups in total. The third-order valence-electron chi connectivity index (χ3n) is 5.01. The number of hydrogen-bond donors (Lipinski definition) is 1. The second-order valence-corrected chi connectivity index (χ2v) is 10.1. The highest BCUT2D eigenvalue weighted by molar-refractivity contribution is 7.92. The molecule has 0 spiro atoms. The van der Waals surface area contributed by atoms with Crippen LogP contribution in [0.15, 0.2) is 77.7 Å². The van der Waals surface area contributed by atoms with Crippen molar-refractivity contribution in [3.8, 4) is 0 Å². The molecule has 0 radical (unpaired) electrons. The van der Waals surface area contributed by atoms with E-state index in [1.165, 1.54) is 30.3 Å². The molecule has 168 valence electrons. The van der Waals surface area contributed by atoms with Gasteiger partial charge >= 0.3 is 0 Å². The van der Waals surface area contributed by atoms with Gasteiger partial charge in [0.1, 0.15) is 6.54 Å². The third kappa shape index (κ3) is 5.82. The zero-order valence-electron chi connectivity index (χ0n) is 17.8. The first-order valence-corrected chi connectivity index (χ1v) is 12.3. The van der Waals surface area contributed by atoms with Crippen LogP contribution in [0, 0.1) is 6.92 Å². The van der Waals surface area contributed by atoms with Crippen LogP contribution in [0.2, 0.25) is 10.0 Å². The van der Waals surface area contributed by atoms with Gasteiger partial charge in [0.05, 0.1) is 16.6 Å². The van der Waals surface area contributed by atoms with E-state index in [1.807, 2.05) is 38.1 Å². The Morgan fingerprint density at radius 1 is 0.969 bits per heavy atom. The Kier molecular flexibility index (Phi) is 7.82. The monoisotopic (exact) mass is 490 g/mol. The molecule has 32 heavy (non-hydrogen) atoms. The molecule has 0 aliphatic carbocycles. The number of aryl methyl sites for hydroxylation is 1. The fourth-order valence-corrected chi connectivity index (χ4v) is 4.99. The third-order valence-corrected chi connectivity index (χ3v) is 7.28. The van der Waals surface area contributed by atoms with Crippen LogP contribution in [0.1, 0.15) is 30.5 Å². The number of sulfonamides is 1. The summed E-state index contributed by atoms with van der Waals surface area (Å²) in [4.78, 5) is 13.0. The molecule has 1 amide bonds. The molecule has 1 atom stereocenters. The number of benzene rings is 3. The van der Waals surface area contributed by atoms with Gasteiger partial charge in [-0.1, -0.05) is 66.0 Å². The van der Waals surface area contributed by atoms with Crippen LogP contribution in [-0.2, 0) is 14.8 Å². The molecule has 3 rings (SSSR count). The van der Waals surface area contributed by atoms with Crippen LogP contribution in [-0.4, -0.2) is 20.9 Å². The summed E-state index contributed by atoms with van der Waals surface area (Å²) in [6.45, 7) is 3.56. The molecule has 0 aromatic heterocycles. The van der Waals surface area contributed by atoms with Crippen LogP contribution in [0.3, 0.4) is 0 Å². The number of nitrogens with zero attached hydrogens (tertiary/aromatic N) is 1. The maximum atomic E-state index is 13.4. The lowest BCUT2D eigenvalue weighted by Gasteiger charge is -2.26. The Hall–Kier alpha value is -2.54. The van der Waals surface area contributed by atoms with Gasteiger partial charge in [-0.3, -0.25) is 9.10 Å². The molecule has 3 aromatic carbocycles. The van der Waals surface area contributed by atoms with Crippen LogP contribution in [0.4, 0.5) is 5.69 Å². The molecule has 0 fully saturated rings. The van der Waals surface area contributed by atoms with Crippen LogP contribution in [0.25, 0.3) is 0 Å². The van der Waals surface area contributed by atoms with Gasteiger partial charge in [0.25, 0.3) is 10.0 Å². The van der Waals surface area contributed by atoms with Gasteiger partial charge in [-0.05, 0) is 61.4 Å². The summed E-state index contributed by atoms with van der Waals surface area (Å²) in [7, 11) is -4.04. The number of nitrogens with one attached hydrogen (secondary N) is 1. The fourth-order valence-electron chi connectivity index (χ4n) is 3.27. The fraction of sp³-hybridized carbons (Fsp3) is 0.208. The molecule has 8 heteroatoms. The van der Waals surface area contributed by atoms with Crippen LogP contribution in [0.5, 0.6) is 0 Å². The zero-order chi connectivity index (χ0) is 23.3. The second-order valence-electron chi connectivity index (χ2n) is 7.38. The van der Waals surface area contributed by atoms with E-state index < -0.39 is 22.5 Å². The number of amides is 1. The van der Waals surface area contributed by atoms with Crippen molar-refractivity contribution < 1.29 is 13.2 Å². The van der Waals surface area contributed by atoms with Crippen molar-refractivity contribution in [2.45, 2.75) is 31.2 Å². The van der Waals surface area contributed by atoms with Gasteiger partial charge in [-0.2, -0.15) is 0 Å². The van der Waals surface area contributed by atoms with Crippen LogP contribution >= 0.6 is 23.2 Å². The lowest BCUT2D eigenvalue weighted by atomic mass is 10.0. The summed E-state index contributed by atoms with van der Waals surface area (Å²) in [6, 6.07) is 19.9. The number of rotatable bonds is 8. The first kappa shape index (κ1) is 24.1. The summed E-state index contributed by atoms with van der Waals surface area (Å²) < 4.78 is 27.9. The molecular formula is C24H24Cl2N2O3S. The number of anilines is 1. The molecule has 0 aliphatic rings. The van der Waals surface area contributed by atoms with Gasteiger partial charge < -0.3 is 5.32 Å². The molecular weight excluding hydrogens is 467 g/mol. The Bertz CT molecular complexity index is 1180. The maximum Gasteiger partial charge on any atom is 0.264 e. The van der Waals surface area contributed by atoms with Gasteiger partial charge in [-0.25, -0.2) is 8.42 Å². The van der Waals surface area contributed by atoms with Crippen molar-refractivity contribution in [1.82, 2.24) is 5.32 Å². The Balaban J connectivity index is 1.91. The first-order chi connectivity index (χ1) is 15.2. The Morgan fingerprint density at radius 2 is 1.62 bits per heavy atom. The SMILES string of the molecule is CC[C@@H](NC(=O)CN(c1cccc(Cl)c1)S(=O)(=O)c1ccc(Cl)cc1)c1ccc(C)cc1. The summed E-state index contributed by atoms with van der Waals surface area (Å²) in [5.41, 5.74) is 2.38. The predicted molar refractivity (Wildman–Crippen MR) is 130 cm³/mol. The van der Waals surface area contributed by atoms with Gasteiger partial charge in [0.2, 0.25) is 5.91 Å². The predicted octanol–water partition coefficient (Wildman–Crippen LogP) is 5.76. The summed E-state index contributed by atoms with van der Waals surface area (Å²) >= 11 is 12.0. The van der Waals surface area contributed by atoms with Gasteiger partial charge in [0.15, 0.2) is 0 Å². The van der Waals surface area contributed by atoms with Crippen molar-refractivity contribution in [2.24, 2.45) is 0 Å². The Labute approximate surface area is 199 Å². The van der Waals surface area contributed by atoms with E-state index in [4.69, 9.17) is 23.2 Å². The lowest BCUT2D eigenvalue weighted by Crippen LogP contribution is -2.42.